The minimum Gasteiger partial charge on any atom is -0.505 e. The summed E-state index contributed by atoms with van der Waals surface area (Å²) >= 11 is 0. The summed E-state index contributed by atoms with van der Waals surface area (Å²) in [7, 11) is 1.91. The van der Waals surface area contributed by atoms with Crippen LogP contribution in [0.3, 0.4) is 0 Å². The van der Waals surface area contributed by atoms with E-state index in [9.17, 15) is 10.2 Å². The number of aryl methyl sites for hydroxylation is 2. The minimum absolute atomic E-state index is 0.152. The van der Waals surface area contributed by atoms with Crippen molar-refractivity contribution < 1.29 is 15.2 Å². The van der Waals surface area contributed by atoms with Gasteiger partial charge in [0.05, 0.1) is 17.0 Å². The monoisotopic (exact) mass is 287 g/mol. The lowest BCUT2D eigenvalue weighted by Gasteiger charge is -2.09. The Morgan fingerprint density at radius 3 is 2.52 bits per heavy atom. The molecule has 1 heterocycles. The first-order valence-corrected chi connectivity index (χ1v) is 7.06. The predicted octanol–water partition coefficient (Wildman–Crippen LogP) is 2.38. The molecule has 1 aromatic carbocycles. The standard InChI is InChI=1S/C17H22N2O2/c1-7-10(4)18-12-8-13(20)16-14(17(12)21)11(5)15(9(2)3)19(16)6/h7-9,20-21H,1H2,2-6H3/p+1. The second kappa shape index (κ2) is 5.28. The van der Waals surface area contributed by atoms with Crippen molar-refractivity contribution in [1.82, 2.24) is 4.57 Å². The van der Waals surface area contributed by atoms with Gasteiger partial charge in [0.15, 0.2) is 11.5 Å². The van der Waals surface area contributed by atoms with E-state index in [1.807, 2.05) is 25.5 Å². The molecule has 0 aliphatic heterocycles. The largest absolute Gasteiger partial charge is 0.505 e. The van der Waals surface area contributed by atoms with E-state index < -0.39 is 0 Å². The number of rotatable bonds is 3. The van der Waals surface area contributed by atoms with E-state index in [4.69, 9.17) is 0 Å². The van der Waals surface area contributed by atoms with Crippen LogP contribution >= 0.6 is 0 Å². The predicted molar refractivity (Wildman–Crippen MR) is 86.6 cm³/mol. The molecule has 0 bridgehead atoms. The molecular weight excluding hydrogens is 264 g/mol. The maximum absolute atomic E-state index is 10.6. The van der Waals surface area contributed by atoms with Crippen LogP contribution in [0.4, 0.5) is 5.69 Å². The van der Waals surface area contributed by atoms with Gasteiger partial charge in [-0.25, -0.2) is 4.99 Å². The maximum atomic E-state index is 10.6. The third kappa shape index (κ3) is 2.31. The number of aromatic hydroxyl groups is 2. The normalized spacial score (nSPS) is 12.4. The first kappa shape index (κ1) is 15.2. The SMILES string of the molecule is C=CC(C)=[NH+]c1cc(O)c2c(c(C)c(C(C)C)n2C)c1O. The number of nitrogens with one attached hydrogen (secondary N) is 1. The van der Waals surface area contributed by atoms with Gasteiger partial charge in [-0.1, -0.05) is 20.4 Å². The first-order chi connectivity index (χ1) is 9.79. The average Bonchev–Trinajstić information content (AvgIpc) is 2.67. The van der Waals surface area contributed by atoms with Crippen LogP contribution in [0.15, 0.2) is 18.7 Å². The zero-order valence-corrected chi connectivity index (χ0v) is 13.3. The quantitative estimate of drug-likeness (QED) is 0.461. The van der Waals surface area contributed by atoms with Gasteiger partial charge in [-0.3, -0.25) is 0 Å². The lowest BCUT2D eigenvalue weighted by atomic mass is 10.0. The maximum Gasteiger partial charge on any atom is 0.250 e. The number of hydrogen-bond acceptors (Lipinski definition) is 2. The number of allylic oxidation sites excluding steroid dienone is 1. The van der Waals surface area contributed by atoms with Crippen molar-refractivity contribution in [2.24, 2.45) is 7.05 Å². The van der Waals surface area contributed by atoms with Crippen LogP contribution < -0.4 is 4.99 Å². The lowest BCUT2D eigenvalue weighted by Crippen LogP contribution is -2.65. The molecule has 0 fully saturated rings. The Bertz CT molecular complexity index is 752. The number of nitrogens with zero attached hydrogens (tertiary/aromatic N) is 1. The molecule has 0 saturated heterocycles. The zero-order valence-electron chi connectivity index (χ0n) is 13.3. The Hall–Kier alpha value is -2.23. The fourth-order valence-electron chi connectivity index (χ4n) is 3.02. The van der Waals surface area contributed by atoms with Crippen LogP contribution in [0, 0.1) is 6.92 Å². The summed E-state index contributed by atoms with van der Waals surface area (Å²) in [5.41, 5.74) is 4.06. The van der Waals surface area contributed by atoms with Gasteiger partial charge in [0.2, 0.25) is 5.69 Å². The smallest absolute Gasteiger partial charge is 0.250 e. The van der Waals surface area contributed by atoms with E-state index >= 15 is 0 Å². The first-order valence-electron chi connectivity index (χ1n) is 7.06. The molecule has 21 heavy (non-hydrogen) atoms. The molecule has 0 aliphatic carbocycles. The molecule has 112 valence electrons. The second-order valence-corrected chi connectivity index (χ2v) is 5.75. The van der Waals surface area contributed by atoms with Crippen molar-refractivity contribution in [3.8, 4) is 11.5 Å². The highest BCUT2D eigenvalue weighted by molar-refractivity contribution is 5.98. The van der Waals surface area contributed by atoms with E-state index in [0.29, 0.717) is 22.5 Å². The molecule has 2 rings (SSSR count). The number of hydrogen-bond donors (Lipinski definition) is 3. The van der Waals surface area contributed by atoms with Gasteiger partial charge in [0.1, 0.15) is 5.75 Å². The topological polar surface area (TPSA) is 59.4 Å². The van der Waals surface area contributed by atoms with Gasteiger partial charge in [-0.2, -0.15) is 0 Å². The molecule has 0 radical (unpaired) electrons. The van der Waals surface area contributed by atoms with Gasteiger partial charge in [-0.05, 0) is 24.5 Å². The molecule has 3 N–H and O–H groups in total. The van der Waals surface area contributed by atoms with Gasteiger partial charge < -0.3 is 14.8 Å². The third-order valence-electron chi connectivity index (χ3n) is 3.89. The summed E-state index contributed by atoms with van der Waals surface area (Å²) in [6.07, 6.45) is 1.66. The van der Waals surface area contributed by atoms with Crippen LogP contribution in [0.2, 0.25) is 0 Å². The molecule has 0 saturated carbocycles. The Morgan fingerprint density at radius 1 is 1.38 bits per heavy atom. The van der Waals surface area contributed by atoms with Crippen LogP contribution in [0.25, 0.3) is 10.9 Å². The molecule has 2 aromatic rings. The van der Waals surface area contributed by atoms with E-state index in [1.165, 1.54) is 0 Å². The molecule has 0 unspecified atom stereocenters. The van der Waals surface area contributed by atoms with Crippen molar-refractivity contribution in [2.45, 2.75) is 33.6 Å². The van der Waals surface area contributed by atoms with Crippen LogP contribution in [-0.4, -0.2) is 20.5 Å². The van der Waals surface area contributed by atoms with Gasteiger partial charge in [0.25, 0.3) is 0 Å². The number of fused-ring (bicyclic) bond motifs is 1. The fraction of sp³-hybridized carbons (Fsp3) is 0.353. The lowest BCUT2D eigenvalue weighted by molar-refractivity contribution is -0.354. The van der Waals surface area contributed by atoms with E-state index in [2.05, 4.69) is 25.4 Å². The molecule has 0 spiro atoms. The van der Waals surface area contributed by atoms with E-state index in [-0.39, 0.29) is 11.5 Å². The molecule has 0 atom stereocenters. The summed E-state index contributed by atoms with van der Waals surface area (Å²) in [4.78, 5) is 3.06. The molecule has 4 heteroatoms. The van der Waals surface area contributed by atoms with Gasteiger partial charge in [0, 0.05) is 19.7 Å². The Labute approximate surface area is 125 Å². The van der Waals surface area contributed by atoms with Crippen LogP contribution in [0.5, 0.6) is 11.5 Å². The Morgan fingerprint density at radius 2 is 2.00 bits per heavy atom. The molecule has 0 aliphatic rings. The number of phenolic OH excluding ortho intramolecular Hbond substituents is 2. The van der Waals surface area contributed by atoms with Crippen molar-refractivity contribution >= 4 is 22.3 Å². The number of phenols is 2. The van der Waals surface area contributed by atoms with E-state index in [0.717, 1.165) is 17.0 Å². The molecule has 4 nitrogen and oxygen atoms in total. The fourth-order valence-corrected chi connectivity index (χ4v) is 3.02. The third-order valence-corrected chi connectivity index (χ3v) is 3.89. The number of aromatic nitrogens is 1. The van der Waals surface area contributed by atoms with Crippen LogP contribution in [-0.2, 0) is 7.05 Å². The highest BCUT2D eigenvalue weighted by Gasteiger charge is 2.24. The van der Waals surface area contributed by atoms with Gasteiger partial charge in [-0.15, -0.1) is 0 Å². The second-order valence-electron chi connectivity index (χ2n) is 5.75. The van der Waals surface area contributed by atoms with Crippen molar-refractivity contribution in [2.75, 3.05) is 0 Å². The highest BCUT2D eigenvalue weighted by atomic mass is 16.3. The van der Waals surface area contributed by atoms with Crippen LogP contribution in [0.1, 0.15) is 37.9 Å². The zero-order chi connectivity index (χ0) is 15.9. The van der Waals surface area contributed by atoms with E-state index in [1.54, 1.807) is 12.1 Å². The minimum atomic E-state index is 0.152. The average molecular weight is 287 g/mol. The summed E-state index contributed by atoms with van der Waals surface area (Å²) in [5.74, 6) is 0.614. The Kier molecular flexibility index (Phi) is 3.81. The molecule has 0 amide bonds. The molecular formula is C17H23N2O2+. The summed E-state index contributed by atoms with van der Waals surface area (Å²) < 4.78 is 1.96. The summed E-state index contributed by atoms with van der Waals surface area (Å²) in [6, 6.07) is 1.55. The molecule has 1 aromatic heterocycles. The Balaban J connectivity index is 2.91. The van der Waals surface area contributed by atoms with Crippen molar-refractivity contribution in [1.29, 1.82) is 0 Å². The number of benzene rings is 1. The van der Waals surface area contributed by atoms with Crippen molar-refractivity contribution in [3.05, 3.63) is 30.0 Å². The van der Waals surface area contributed by atoms with Gasteiger partial charge >= 0.3 is 0 Å². The summed E-state index contributed by atoms with van der Waals surface area (Å²) in [6.45, 7) is 11.7. The van der Waals surface area contributed by atoms with Crippen molar-refractivity contribution in [3.63, 3.8) is 0 Å². The summed E-state index contributed by atoms with van der Waals surface area (Å²) in [5, 5.41) is 21.6. The highest BCUT2D eigenvalue weighted by Crippen LogP contribution is 2.42.